The predicted molar refractivity (Wildman–Crippen MR) is 166 cm³/mol. The van der Waals surface area contributed by atoms with E-state index in [-0.39, 0.29) is 23.5 Å². The van der Waals surface area contributed by atoms with Gasteiger partial charge in [0, 0.05) is 77.7 Å². The lowest BCUT2D eigenvalue weighted by Gasteiger charge is -2.54. The summed E-state index contributed by atoms with van der Waals surface area (Å²) in [6, 6.07) is 2.02. The Morgan fingerprint density at radius 2 is 1.76 bits per heavy atom. The Kier molecular flexibility index (Phi) is 7.28. The molecule has 9 nitrogen and oxygen atoms in total. The SMILES string of the molecule is CN(C)c1cc(N2CCN(CC(=O)[C@@]3(O)CC[C@H]4[C@@H]5CCC6=CC(=O)CC[C@]6(C)C5=CC[C@@]43C)CC2)nc(N(C)C)n1. The molecule has 1 aromatic heterocycles. The molecule has 6 rings (SSSR count). The molecule has 2 heterocycles. The lowest BCUT2D eigenvalue weighted by Crippen LogP contribution is -2.58. The minimum absolute atomic E-state index is 0.0181. The van der Waals surface area contributed by atoms with Gasteiger partial charge in [0.05, 0.1) is 6.54 Å². The fraction of sp³-hybridized carbons (Fsp3) is 0.697. The van der Waals surface area contributed by atoms with Gasteiger partial charge in [-0.05, 0) is 56.4 Å². The number of allylic oxidation sites excluding steroid dienone is 4. The summed E-state index contributed by atoms with van der Waals surface area (Å²) in [5, 5.41) is 12.2. The van der Waals surface area contributed by atoms with E-state index in [4.69, 9.17) is 4.98 Å². The molecule has 0 spiro atoms. The number of fused-ring (bicyclic) bond motifs is 5. The van der Waals surface area contributed by atoms with Crippen LogP contribution in [0.2, 0.25) is 0 Å². The van der Waals surface area contributed by atoms with Crippen LogP contribution in [-0.2, 0) is 9.59 Å². The third-order valence-electron chi connectivity index (χ3n) is 11.6. The van der Waals surface area contributed by atoms with Crippen molar-refractivity contribution in [2.45, 2.75) is 64.4 Å². The van der Waals surface area contributed by atoms with Crippen molar-refractivity contribution in [3.63, 3.8) is 0 Å². The maximum atomic E-state index is 14.0. The average molecular weight is 577 g/mol. The zero-order chi connectivity index (χ0) is 30.0. The molecule has 4 aliphatic carbocycles. The number of hydrogen-bond donors (Lipinski definition) is 1. The first-order chi connectivity index (χ1) is 19.9. The van der Waals surface area contributed by atoms with Crippen molar-refractivity contribution in [3.05, 3.63) is 29.4 Å². The normalized spacial score (nSPS) is 34.6. The minimum atomic E-state index is -1.30. The first-order valence-electron chi connectivity index (χ1n) is 15.8. The van der Waals surface area contributed by atoms with Crippen molar-refractivity contribution < 1.29 is 14.7 Å². The summed E-state index contributed by atoms with van der Waals surface area (Å²) in [6.45, 7) is 7.82. The summed E-state index contributed by atoms with van der Waals surface area (Å²) in [5.74, 6) is 3.38. The summed E-state index contributed by atoms with van der Waals surface area (Å²) >= 11 is 0. The van der Waals surface area contributed by atoms with Crippen LogP contribution in [0, 0.1) is 22.7 Å². The second-order valence-corrected chi connectivity index (χ2v) is 14.3. The molecule has 3 fully saturated rings. The van der Waals surface area contributed by atoms with Gasteiger partial charge >= 0.3 is 0 Å². The Morgan fingerprint density at radius 1 is 1.02 bits per heavy atom. The van der Waals surface area contributed by atoms with Gasteiger partial charge in [-0.25, -0.2) is 0 Å². The Balaban J connectivity index is 1.14. The topological polar surface area (TPSA) is 93.1 Å². The van der Waals surface area contributed by atoms with E-state index in [1.54, 1.807) is 0 Å². The molecule has 5 aliphatic rings. The quantitative estimate of drug-likeness (QED) is 0.511. The number of rotatable bonds is 6. The van der Waals surface area contributed by atoms with E-state index in [2.05, 4.69) is 34.7 Å². The molecule has 1 N–H and O–H groups in total. The van der Waals surface area contributed by atoms with Crippen LogP contribution in [0.25, 0.3) is 0 Å². The van der Waals surface area contributed by atoms with Crippen LogP contribution < -0.4 is 14.7 Å². The van der Waals surface area contributed by atoms with E-state index >= 15 is 0 Å². The fourth-order valence-corrected chi connectivity index (χ4v) is 8.80. The van der Waals surface area contributed by atoms with Crippen molar-refractivity contribution in [2.24, 2.45) is 22.7 Å². The second-order valence-electron chi connectivity index (χ2n) is 14.3. The molecule has 2 saturated carbocycles. The molecule has 0 amide bonds. The standard InChI is InChI=1S/C33H48N6O3/c1-31-12-9-23(40)19-22(31)7-8-24-25(31)10-13-32(2)26(24)11-14-33(32,42)27(41)21-38-15-17-39(18-16-38)29-20-28(36(3)4)34-30(35-29)37(5)6/h10,19-20,24,26,42H,7-9,11-18,21H2,1-6H3/t24-,26+,31+,32+,33+/m1/s1. The number of carbonyl (C=O) groups is 2. The lowest BCUT2D eigenvalue weighted by molar-refractivity contribution is -0.154. The number of anilines is 3. The van der Waals surface area contributed by atoms with Crippen LogP contribution in [0.4, 0.5) is 17.6 Å². The van der Waals surface area contributed by atoms with Gasteiger partial charge in [-0.1, -0.05) is 31.1 Å². The van der Waals surface area contributed by atoms with E-state index in [9.17, 15) is 14.7 Å². The lowest BCUT2D eigenvalue weighted by atomic mass is 9.50. The highest BCUT2D eigenvalue weighted by molar-refractivity contribution is 5.92. The van der Waals surface area contributed by atoms with Crippen molar-refractivity contribution in [1.82, 2.24) is 14.9 Å². The number of aliphatic hydroxyl groups is 1. The Bertz CT molecular complexity index is 1300. The molecule has 0 bridgehead atoms. The molecule has 1 aliphatic heterocycles. The van der Waals surface area contributed by atoms with E-state index in [1.807, 2.05) is 50.1 Å². The Hall–Kier alpha value is -2.78. The van der Waals surface area contributed by atoms with Crippen LogP contribution in [-0.4, -0.2) is 98.1 Å². The summed E-state index contributed by atoms with van der Waals surface area (Å²) in [5.41, 5.74) is 0.985. The average Bonchev–Trinajstić information content (AvgIpc) is 3.25. The Labute approximate surface area is 250 Å². The number of hydrogen-bond acceptors (Lipinski definition) is 9. The van der Waals surface area contributed by atoms with Crippen molar-refractivity contribution >= 4 is 29.2 Å². The van der Waals surface area contributed by atoms with Gasteiger partial charge in [-0.15, -0.1) is 0 Å². The summed E-state index contributed by atoms with van der Waals surface area (Å²) in [7, 11) is 7.87. The molecule has 5 atom stereocenters. The van der Waals surface area contributed by atoms with Gasteiger partial charge in [-0.2, -0.15) is 9.97 Å². The van der Waals surface area contributed by atoms with Crippen molar-refractivity contribution in [3.8, 4) is 0 Å². The zero-order valence-electron chi connectivity index (χ0n) is 26.3. The number of nitrogens with zero attached hydrogens (tertiary/aromatic N) is 6. The van der Waals surface area contributed by atoms with Crippen LogP contribution in [0.15, 0.2) is 29.4 Å². The van der Waals surface area contributed by atoms with E-state index in [0.717, 1.165) is 69.9 Å². The molecule has 9 heteroatoms. The number of ketones is 2. The number of Topliss-reactive ketones (excluding diaryl/α,β-unsaturated/α-hetero) is 1. The molecule has 0 unspecified atom stereocenters. The monoisotopic (exact) mass is 576 g/mol. The van der Waals surface area contributed by atoms with E-state index < -0.39 is 11.0 Å². The highest BCUT2D eigenvalue weighted by atomic mass is 16.3. The predicted octanol–water partition coefficient (Wildman–Crippen LogP) is 3.48. The molecule has 0 radical (unpaired) electrons. The third-order valence-corrected chi connectivity index (χ3v) is 11.6. The highest BCUT2D eigenvalue weighted by Gasteiger charge is 2.64. The number of piperazine rings is 1. The highest BCUT2D eigenvalue weighted by Crippen LogP contribution is 2.65. The van der Waals surface area contributed by atoms with Crippen molar-refractivity contribution in [2.75, 3.05) is 75.6 Å². The van der Waals surface area contributed by atoms with Gasteiger partial charge in [0.1, 0.15) is 17.2 Å². The maximum absolute atomic E-state index is 14.0. The minimum Gasteiger partial charge on any atom is -0.381 e. The van der Waals surface area contributed by atoms with Gasteiger partial charge in [0.15, 0.2) is 11.6 Å². The van der Waals surface area contributed by atoms with Crippen LogP contribution in [0.3, 0.4) is 0 Å². The van der Waals surface area contributed by atoms with Crippen LogP contribution >= 0.6 is 0 Å². The molecule has 1 aromatic rings. The van der Waals surface area contributed by atoms with Gasteiger partial charge in [0.2, 0.25) is 5.95 Å². The largest absolute Gasteiger partial charge is 0.381 e. The fourth-order valence-electron chi connectivity index (χ4n) is 8.80. The van der Waals surface area contributed by atoms with Gasteiger partial charge < -0.3 is 19.8 Å². The number of carbonyl (C=O) groups excluding carboxylic acids is 2. The molecule has 1 saturated heterocycles. The summed E-state index contributed by atoms with van der Waals surface area (Å²) < 4.78 is 0. The Morgan fingerprint density at radius 3 is 2.45 bits per heavy atom. The van der Waals surface area contributed by atoms with Crippen LogP contribution in [0.1, 0.15) is 58.8 Å². The summed E-state index contributed by atoms with van der Waals surface area (Å²) in [4.78, 5) is 43.9. The smallest absolute Gasteiger partial charge is 0.228 e. The van der Waals surface area contributed by atoms with Gasteiger partial charge in [-0.3, -0.25) is 14.5 Å². The van der Waals surface area contributed by atoms with E-state index in [0.29, 0.717) is 30.6 Å². The second kappa shape index (κ2) is 10.4. The van der Waals surface area contributed by atoms with Gasteiger partial charge in [0.25, 0.3) is 0 Å². The molecular weight excluding hydrogens is 528 g/mol. The molecule has 42 heavy (non-hydrogen) atoms. The van der Waals surface area contributed by atoms with Crippen LogP contribution in [0.5, 0.6) is 0 Å². The molecular formula is C33H48N6O3. The summed E-state index contributed by atoms with van der Waals surface area (Å²) in [6.07, 6.45) is 9.91. The zero-order valence-corrected chi connectivity index (χ0v) is 26.3. The van der Waals surface area contributed by atoms with Crippen molar-refractivity contribution in [1.29, 1.82) is 0 Å². The third kappa shape index (κ3) is 4.58. The maximum Gasteiger partial charge on any atom is 0.228 e. The molecule has 228 valence electrons. The first-order valence-corrected chi connectivity index (χ1v) is 15.8. The first kappa shape index (κ1) is 29.3. The number of aromatic nitrogens is 2. The molecule has 0 aromatic carbocycles. The van der Waals surface area contributed by atoms with E-state index in [1.165, 1.54) is 11.1 Å².